The van der Waals surface area contributed by atoms with E-state index < -0.39 is 18.0 Å². The van der Waals surface area contributed by atoms with E-state index >= 15 is 0 Å². The van der Waals surface area contributed by atoms with Crippen molar-refractivity contribution in [3.8, 4) is 5.75 Å². The minimum Gasteiger partial charge on any atom is -0.406 e. The fraction of sp³-hybridized carbons (Fsp3) is 0.286. The van der Waals surface area contributed by atoms with Gasteiger partial charge < -0.3 is 26.1 Å². The Labute approximate surface area is 180 Å². The van der Waals surface area contributed by atoms with Gasteiger partial charge in [-0.1, -0.05) is 0 Å². The van der Waals surface area contributed by atoms with Gasteiger partial charge in [0.05, 0.1) is 11.1 Å². The minimum atomic E-state index is -4.84. The Bertz CT molecular complexity index is 1180. The summed E-state index contributed by atoms with van der Waals surface area (Å²) in [6.45, 7) is 0.888. The van der Waals surface area contributed by atoms with Crippen molar-refractivity contribution in [3.63, 3.8) is 0 Å². The summed E-state index contributed by atoms with van der Waals surface area (Å²) < 4.78 is 40.9. The zero-order chi connectivity index (χ0) is 23.0. The van der Waals surface area contributed by atoms with Crippen LogP contribution in [0.3, 0.4) is 0 Å². The Morgan fingerprint density at radius 2 is 1.91 bits per heavy atom. The lowest BCUT2D eigenvalue weighted by molar-refractivity contribution is -0.274. The lowest BCUT2D eigenvalue weighted by atomic mass is 9.89. The number of likely N-dealkylation sites (tertiary alicyclic amines) is 1. The number of alkyl halides is 3. The predicted molar refractivity (Wildman–Crippen MR) is 110 cm³/mol. The fourth-order valence-electron chi connectivity index (χ4n) is 3.99. The van der Waals surface area contributed by atoms with Crippen molar-refractivity contribution in [2.45, 2.75) is 25.1 Å². The molecule has 0 radical (unpaired) electrons. The maximum atomic E-state index is 12.9. The molecule has 1 saturated heterocycles. The number of nitrogens with zero attached hydrogens (tertiary/aromatic N) is 2. The first-order chi connectivity index (χ1) is 15.1. The molecular formula is C21H20F3N5O3. The maximum absolute atomic E-state index is 12.9. The van der Waals surface area contributed by atoms with E-state index in [1.54, 1.807) is 11.0 Å². The van der Waals surface area contributed by atoms with E-state index in [0.29, 0.717) is 37.1 Å². The number of carbonyl (C=O) groups excluding carboxylic acids is 2. The molecule has 1 aliphatic heterocycles. The van der Waals surface area contributed by atoms with Crippen LogP contribution in [0.4, 0.5) is 18.9 Å². The molecular weight excluding hydrogens is 427 g/mol. The summed E-state index contributed by atoms with van der Waals surface area (Å²) in [5.74, 6) is -1.25. The van der Waals surface area contributed by atoms with Crippen LogP contribution in [0.15, 0.2) is 36.7 Å². The molecule has 0 atom stereocenters. The number of halogens is 3. The average molecular weight is 447 g/mol. The molecule has 0 saturated carbocycles. The second-order valence-corrected chi connectivity index (χ2v) is 7.59. The molecule has 1 fully saturated rings. The number of rotatable bonds is 4. The number of hydrogen-bond acceptors (Lipinski definition) is 5. The summed E-state index contributed by atoms with van der Waals surface area (Å²) in [6.07, 6.45) is -0.247. The third-order valence-corrected chi connectivity index (χ3v) is 5.56. The number of amides is 2. The highest BCUT2D eigenvalue weighted by Crippen LogP contribution is 2.34. The number of pyridine rings is 1. The van der Waals surface area contributed by atoms with E-state index in [1.807, 2.05) is 6.20 Å². The lowest BCUT2D eigenvalue weighted by Gasteiger charge is -2.32. The summed E-state index contributed by atoms with van der Waals surface area (Å²) in [4.78, 5) is 33.3. The first-order valence-electron chi connectivity index (χ1n) is 9.84. The molecule has 1 aliphatic rings. The van der Waals surface area contributed by atoms with Gasteiger partial charge in [0.25, 0.3) is 5.91 Å². The minimum absolute atomic E-state index is 0.0828. The van der Waals surface area contributed by atoms with Crippen molar-refractivity contribution < 1.29 is 27.5 Å². The zero-order valence-corrected chi connectivity index (χ0v) is 16.8. The van der Waals surface area contributed by atoms with Crippen LogP contribution in [-0.2, 0) is 0 Å². The van der Waals surface area contributed by atoms with Crippen LogP contribution in [0, 0.1) is 0 Å². The summed E-state index contributed by atoms with van der Waals surface area (Å²) >= 11 is 0. The number of nitrogen functional groups attached to an aromatic ring is 1. The highest BCUT2D eigenvalue weighted by atomic mass is 19.4. The molecule has 32 heavy (non-hydrogen) atoms. The number of hydrogen-bond donors (Lipinski definition) is 3. The molecule has 3 heterocycles. The standard InChI is InChI=1S/C21H20F3N5O3/c22-21(23,24)32-13-1-2-14(17(25)8-13)20(31)29-5-3-11(4-6-29)16-10-28-19-15(16)7-12(9-27-19)18(26)30/h1-2,7-11H,3-6,25H2,(H2,26,30)(H,27,28). The van der Waals surface area contributed by atoms with Gasteiger partial charge in [0.2, 0.25) is 5.91 Å². The molecule has 3 aromatic rings. The Morgan fingerprint density at radius 1 is 1.19 bits per heavy atom. The van der Waals surface area contributed by atoms with E-state index in [2.05, 4.69) is 14.7 Å². The fourth-order valence-corrected chi connectivity index (χ4v) is 3.99. The van der Waals surface area contributed by atoms with Crippen LogP contribution in [0.1, 0.15) is 45.0 Å². The number of ether oxygens (including phenoxy) is 1. The van der Waals surface area contributed by atoms with Crippen molar-refractivity contribution in [2.75, 3.05) is 18.8 Å². The number of primary amides is 1. The molecule has 5 N–H and O–H groups in total. The second-order valence-electron chi connectivity index (χ2n) is 7.59. The van der Waals surface area contributed by atoms with Gasteiger partial charge in [0, 0.05) is 42.6 Å². The predicted octanol–water partition coefficient (Wildman–Crippen LogP) is 3.16. The molecule has 0 aliphatic carbocycles. The maximum Gasteiger partial charge on any atom is 0.573 e. The van der Waals surface area contributed by atoms with Gasteiger partial charge in [-0.3, -0.25) is 9.59 Å². The molecule has 0 spiro atoms. The Hall–Kier alpha value is -3.76. The summed E-state index contributed by atoms with van der Waals surface area (Å²) in [5, 5.41) is 0.815. The molecule has 1 aromatic carbocycles. The number of benzene rings is 1. The number of aromatic amines is 1. The van der Waals surface area contributed by atoms with E-state index in [0.717, 1.165) is 23.1 Å². The molecule has 8 nitrogen and oxygen atoms in total. The Balaban J connectivity index is 1.46. The lowest BCUT2D eigenvalue weighted by Crippen LogP contribution is -2.38. The van der Waals surface area contributed by atoms with Crippen LogP contribution in [0.5, 0.6) is 5.75 Å². The topological polar surface area (TPSA) is 127 Å². The molecule has 0 bridgehead atoms. The number of carbonyl (C=O) groups is 2. The smallest absolute Gasteiger partial charge is 0.406 e. The molecule has 2 aromatic heterocycles. The van der Waals surface area contributed by atoms with E-state index in [9.17, 15) is 22.8 Å². The number of nitrogens with one attached hydrogen (secondary N) is 1. The summed E-state index contributed by atoms with van der Waals surface area (Å²) in [5.41, 5.74) is 13.2. The van der Waals surface area contributed by atoms with Gasteiger partial charge >= 0.3 is 6.36 Å². The Kier molecular flexibility index (Phi) is 5.41. The quantitative estimate of drug-likeness (QED) is 0.530. The number of aromatic nitrogens is 2. The van der Waals surface area contributed by atoms with Crippen LogP contribution in [0.25, 0.3) is 11.0 Å². The molecule has 168 valence electrons. The van der Waals surface area contributed by atoms with Crippen LogP contribution < -0.4 is 16.2 Å². The van der Waals surface area contributed by atoms with Gasteiger partial charge in [0.15, 0.2) is 0 Å². The van der Waals surface area contributed by atoms with Crippen molar-refractivity contribution in [1.82, 2.24) is 14.9 Å². The third kappa shape index (κ3) is 4.32. The van der Waals surface area contributed by atoms with Gasteiger partial charge in [-0.05, 0) is 42.5 Å². The second kappa shape index (κ2) is 8.06. The van der Waals surface area contributed by atoms with Crippen LogP contribution in [-0.4, -0.2) is 46.1 Å². The number of piperidine rings is 1. The third-order valence-electron chi connectivity index (χ3n) is 5.56. The Morgan fingerprint density at radius 3 is 2.53 bits per heavy atom. The van der Waals surface area contributed by atoms with Gasteiger partial charge in [0.1, 0.15) is 11.4 Å². The number of fused-ring (bicyclic) bond motifs is 1. The van der Waals surface area contributed by atoms with Gasteiger partial charge in [-0.15, -0.1) is 13.2 Å². The molecule has 2 amide bonds. The number of anilines is 1. The number of nitrogens with two attached hydrogens (primary N) is 2. The summed E-state index contributed by atoms with van der Waals surface area (Å²) in [6, 6.07) is 5.00. The molecule has 0 unspecified atom stereocenters. The van der Waals surface area contributed by atoms with Gasteiger partial charge in [-0.2, -0.15) is 0 Å². The van der Waals surface area contributed by atoms with Crippen molar-refractivity contribution in [2.24, 2.45) is 5.73 Å². The summed E-state index contributed by atoms with van der Waals surface area (Å²) in [7, 11) is 0. The average Bonchev–Trinajstić information content (AvgIpc) is 3.15. The van der Waals surface area contributed by atoms with Crippen molar-refractivity contribution in [1.29, 1.82) is 0 Å². The first-order valence-corrected chi connectivity index (χ1v) is 9.84. The highest BCUT2D eigenvalue weighted by molar-refractivity contribution is 5.99. The van der Waals surface area contributed by atoms with Crippen LogP contribution in [0.2, 0.25) is 0 Å². The zero-order valence-electron chi connectivity index (χ0n) is 16.8. The molecule has 11 heteroatoms. The van der Waals surface area contributed by atoms with Crippen molar-refractivity contribution in [3.05, 3.63) is 53.3 Å². The van der Waals surface area contributed by atoms with E-state index in [1.165, 1.54) is 12.3 Å². The largest absolute Gasteiger partial charge is 0.573 e. The normalized spacial score (nSPS) is 15.2. The highest BCUT2D eigenvalue weighted by Gasteiger charge is 2.32. The number of H-pyrrole nitrogens is 1. The van der Waals surface area contributed by atoms with Crippen molar-refractivity contribution >= 4 is 28.5 Å². The first kappa shape index (κ1) is 21.5. The van der Waals surface area contributed by atoms with Gasteiger partial charge in [-0.25, -0.2) is 4.98 Å². The van der Waals surface area contributed by atoms with E-state index in [-0.39, 0.29) is 23.1 Å². The monoisotopic (exact) mass is 447 g/mol. The van der Waals surface area contributed by atoms with Crippen LogP contribution >= 0.6 is 0 Å². The molecule has 4 rings (SSSR count). The SMILES string of the molecule is NC(=O)c1cnc2[nH]cc(C3CCN(C(=O)c4ccc(OC(F)(F)F)cc4N)CC3)c2c1. The van der Waals surface area contributed by atoms with E-state index in [4.69, 9.17) is 11.5 Å².